The fraction of sp³-hybridized carbons (Fsp3) is 0.290. The number of thiazole rings is 1. The molecule has 0 aliphatic carbocycles. The zero-order chi connectivity index (χ0) is 26.0. The van der Waals surface area contributed by atoms with E-state index < -0.39 is 0 Å². The molecule has 0 aliphatic heterocycles. The van der Waals surface area contributed by atoms with Crippen molar-refractivity contribution in [2.45, 2.75) is 39.3 Å². The summed E-state index contributed by atoms with van der Waals surface area (Å²) in [5, 5.41) is 3.59. The summed E-state index contributed by atoms with van der Waals surface area (Å²) in [5.74, 6) is 0.294. The number of amides is 1. The molecule has 0 radical (unpaired) electrons. The molecule has 1 aromatic heterocycles. The lowest BCUT2D eigenvalue weighted by molar-refractivity contribution is 0.0767. The third kappa shape index (κ3) is 7.51. The summed E-state index contributed by atoms with van der Waals surface area (Å²) in [6.07, 6.45) is 0.963. The molecule has 192 valence electrons. The van der Waals surface area contributed by atoms with Gasteiger partial charge in [0.25, 0.3) is 5.91 Å². The molecule has 37 heavy (non-hydrogen) atoms. The highest BCUT2D eigenvalue weighted by atomic mass is 35.5. The van der Waals surface area contributed by atoms with E-state index in [9.17, 15) is 4.79 Å². The third-order valence-electron chi connectivity index (χ3n) is 6.61. The van der Waals surface area contributed by atoms with Gasteiger partial charge < -0.3 is 4.90 Å². The van der Waals surface area contributed by atoms with Crippen LogP contribution in [0.1, 0.15) is 58.4 Å². The smallest absolute Gasteiger partial charge is 0.273 e. The van der Waals surface area contributed by atoms with Crippen LogP contribution in [0.25, 0.3) is 0 Å². The molecule has 0 spiro atoms. The highest BCUT2D eigenvalue weighted by Crippen LogP contribution is 2.29. The second-order valence-electron chi connectivity index (χ2n) is 9.11. The van der Waals surface area contributed by atoms with Crippen LogP contribution in [0.15, 0.2) is 90.3 Å². The summed E-state index contributed by atoms with van der Waals surface area (Å²) in [6, 6.07) is 29.5. The maximum atomic E-state index is 12.8. The normalized spacial score (nSPS) is 11.3. The van der Waals surface area contributed by atoms with E-state index in [1.54, 1.807) is 11.3 Å². The monoisotopic (exact) mass is 531 g/mol. The van der Waals surface area contributed by atoms with Gasteiger partial charge in [-0.1, -0.05) is 84.4 Å². The van der Waals surface area contributed by atoms with E-state index in [2.05, 4.69) is 71.6 Å². The van der Waals surface area contributed by atoms with Gasteiger partial charge >= 0.3 is 0 Å². The fourth-order valence-corrected chi connectivity index (χ4v) is 5.68. The number of rotatable bonds is 12. The van der Waals surface area contributed by atoms with Gasteiger partial charge in [0.2, 0.25) is 0 Å². The zero-order valence-corrected chi connectivity index (χ0v) is 23.1. The minimum absolute atomic E-state index is 0.00195. The predicted octanol–water partition coefficient (Wildman–Crippen LogP) is 7.50. The lowest BCUT2D eigenvalue weighted by Crippen LogP contribution is -2.30. The van der Waals surface area contributed by atoms with Gasteiger partial charge in [-0.3, -0.25) is 9.69 Å². The van der Waals surface area contributed by atoms with Crippen molar-refractivity contribution >= 4 is 28.8 Å². The summed E-state index contributed by atoms with van der Waals surface area (Å²) in [4.78, 5) is 21.8. The quantitative estimate of drug-likeness (QED) is 0.190. The van der Waals surface area contributed by atoms with Crippen LogP contribution in [0.3, 0.4) is 0 Å². The average Bonchev–Trinajstić information content (AvgIpc) is 3.39. The fourth-order valence-electron chi connectivity index (χ4n) is 4.66. The van der Waals surface area contributed by atoms with E-state index >= 15 is 0 Å². The number of carbonyl (C=O) groups is 1. The molecule has 0 N–H and O–H groups in total. The van der Waals surface area contributed by atoms with Gasteiger partial charge in [0.1, 0.15) is 10.7 Å². The summed E-state index contributed by atoms with van der Waals surface area (Å²) >= 11 is 7.86. The van der Waals surface area contributed by atoms with Crippen LogP contribution in [0, 0.1) is 0 Å². The van der Waals surface area contributed by atoms with Gasteiger partial charge in [-0.25, -0.2) is 4.98 Å². The van der Waals surface area contributed by atoms with Crippen molar-refractivity contribution in [1.29, 1.82) is 0 Å². The van der Waals surface area contributed by atoms with Crippen LogP contribution < -0.4 is 0 Å². The van der Waals surface area contributed by atoms with Crippen LogP contribution in [-0.2, 0) is 13.1 Å². The Balaban J connectivity index is 1.55. The molecule has 0 fully saturated rings. The van der Waals surface area contributed by atoms with Crippen molar-refractivity contribution < 1.29 is 4.79 Å². The number of aromatic nitrogens is 1. The van der Waals surface area contributed by atoms with Gasteiger partial charge in [0, 0.05) is 36.0 Å². The van der Waals surface area contributed by atoms with Crippen molar-refractivity contribution in [2.24, 2.45) is 0 Å². The molecule has 0 bridgehead atoms. The van der Waals surface area contributed by atoms with Crippen molar-refractivity contribution in [3.63, 3.8) is 0 Å². The summed E-state index contributed by atoms with van der Waals surface area (Å²) in [7, 11) is 0. The van der Waals surface area contributed by atoms with Crippen LogP contribution in [0.2, 0.25) is 5.02 Å². The summed E-state index contributed by atoms with van der Waals surface area (Å²) in [6.45, 7) is 7.68. The number of benzene rings is 3. The first-order valence-corrected chi connectivity index (χ1v) is 14.1. The van der Waals surface area contributed by atoms with Gasteiger partial charge in [0.15, 0.2) is 0 Å². The second kappa shape index (κ2) is 13.5. The van der Waals surface area contributed by atoms with E-state index in [4.69, 9.17) is 16.6 Å². The topological polar surface area (TPSA) is 36.4 Å². The molecule has 4 aromatic rings. The van der Waals surface area contributed by atoms with Crippen LogP contribution in [0.4, 0.5) is 0 Å². The van der Waals surface area contributed by atoms with E-state index in [-0.39, 0.29) is 5.91 Å². The molecule has 0 unspecified atom stereocenters. The van der Waals surface area contributed by atoms with E-state index in [1.165, 1.54) is 16.7 Å². The third-order valence-corrected chi connectivity index (χ3v) is 7.68. The van der Waals surface area contributed by atoms with Gasteiger partial charge in [-0.15, -0.1) is 11.3 Å². The molecule has 0 aliphatic rings. The number of hydrogen-bond donors (Lipinski definition) is 0. The maximum absolute atomic E-state index is 12.8. The minimum atomic E-state index is 0.00195. The molecule has 4 rings (SSSR count). The van der Waals surface area contributed by atoms with Crippen molar-refractivity contribution in [3.05, 3.63) is 123 Å². The minimum Gasteiger partial charge on any atom is -0.338 e. The highest BCUT2D eigenvalue weighted by molar-refractivity contribution is 7.09. The predicted molar refractivity (Wildman–Crippen MR) is 154 cm³/mol. The molecule has 1 amide bonds. The van der Waals surface area contributed by atoms with Gasteiger partial charge in [-0.05, 0) is 55.6 Å². The Morgan fingerprint density at radius 2 is 1.54 bits per heavy atom. The van der Waals surface area contributed by atoms with Crippen molar-refractivity contribution in [2.75, 3.05) is 19.6 Å². The maximum Gasteiger partial charge on any atom is 0.273 e. The van der Waals surface area contributed by atoms with Crippen LogP contribution >= 0.6 is 22.9 Å². The number of halogens is 1. The first-order chi connectivity index (χ1) is 18.1. The molecule has 0 atom stereocenters. The second-order valence-corrected chi connectivity index (χ2v) is 10.5. The van der Waals surface area contributed by atoms with Crippen LogP contribution in [0.5, 0.6) is 0 Å². The Bertz CT molecular complexity index is 1220. The summed E-state index contributed by atoms with van der Waals surface area (Å²) in [5.41, 5.74) is 4.34. The number of hydrogen-bond acceptors (Lipinski definition) is 4. The Morgan fingerprint density at radius 3 is 2.14 bits per heavy atom. The Hall–Kier alpha value is -2.99. The van der Waals surface area contributed by atoms with Gasteiger partial charge in [0.05, 0.1) is 6.54 Å². The van der Waals surface area contributed by atoms with Crippen LogP contribution in [-0.4, -0.2) is 40.3 Å². The standard InChI is InChI=1S/C31H34ClN3OS/c1-3-35(4-2)31(36)29-23-37-30(33-29)22-34(21-24-12-11-17-27(32)20-24)19-18-28(25-13-7-5-8-14-25)26-15-9-6-10-16-26/h5-17,20,23,28H,3-4,18-19,21-22H2,1-2H3. The molecule has 4 nitrogen and oxygen atoms in total. The molecule has 3 aromatic carbocycles. The largest absolute Gasteiger partial charge is 0.338 e. The van der Waals surface area contributed by atoms with E-state index in [0.29, 0.717) is 31.2 Å². The molecule has 0 saturated carbocycles. The van der Waals surface area contributed by atoms with E-state index in [1.807, 2.05) is 42.3 Å². The SMILES string of the molecule is CCN(CC)C(=O)c1csc(CN(CCC(c2ccccc2)c2ccccc2)Cc2cccc(Cl)c2)n1. The summed E-state index contributed by atoms with van der Waals surface area (Å²) < 4.78 is 0. The van der Waals surface area contributed by atoms with E-state index in [0.717, 1.165) is 29.5 Å². The number of nitrogens with zero attached hydrogens (tertiary/aromatic N) is 3. The molecular formula is C31H34ClN3OS. The Morgan fingerprint density at radius 1 is 0.892 bits per heavy atom. The first kappa shape index (κ1) is 27.1. The highest BCUT2D eigenvalue weighted by Gasteiger charge is 2.20. The Kier molecular flexibility index (Phi) is 9.89. The molecule has 0 saturated heterocycles. The average molecular weight is 532 g/mol. The molecule has 1 heterocycles. The molecular weight excluding hydrogens is 498 g/mol. The zero-order valence-electron chi connectivity index (χ0n) is 21.5. The lowest BCUT2D eigenvalue weighted by atomic mass is 9.88. The van der Waals surface area contributed by atoms with Crippen molar-refractivity contribution in [3.8, 4) is 0 Å². The number of carbonyl (C=O) groups excluding carboxylic acids is 1. The first-order valence-electron chi connectivity index (χ1n) is 12.9. The van der Waals surface area contributed by atoms with Gasteiger partial charge in [-0.2, -0.15) is 0 Å². The molecule has 6 heteroatoms. The van der Waals surface area contributed by atoms with Crippen molar-refractivity contribution in [1.82, 2.24) is 14.8 Å². The lowest BCUT2D eigenvalue weighted by Gasteiger charge is -2.25. The Labute approximate surface area is 229 Å².